The number of carbonyl (C=O) groups is 1. The zero-order chi connectivity index (χ0) is 33.6. The standard InChI is InChI=1S/C29H31F3N8O4S2/c1-29(2,3)26-39-23(17-6-4-9-20(22(17)32)40-46(42,43)25-18(30)7-5-8-19(25)31)24(45-26)21-10-12-35-27(38-21)36-15-16(14-34)37-28(41)44-13-11-33/h4-10,12,40H,11,13-15,33-34H2,1-3H3,(H,35,36,38)/b37-16-. The van der Waals surface area contributed by atoms with E-state index in [-0.39, 0.29) is 49.2 Å². The van der Waals surface area contributed by atoms with Crippen molar-refractivity contribution in [2.75, 3.05) is 36.3 Å². The fraction of sp³-hybridized carbons (Fsp3) is 0.276. The van der Waals surface area contributed by atoms with Crippen LogP contribution in [0.3, 0.4) is 0 Å². The van der Waals surface area contributed by atoms with Crippen molar-refractivity contribution in [2.45, 2.75) is 31.1 Å². The number of hydrogen-bond acceptors (Lipinski definition) is 11. The molecule has 0 saturated carbocycles. The summed E-state index contributed by atoms with van der Waals surface area (Å²) in [6, 6.07) is 8.07. The van der Waals surface area contributed by atoms with Crippen LogP contribution in [0.2, 0.25) is 0 Å². The van der Waals surface area contributed by atoms with Crippen LogP contribution in [0.4, 0.5) is 29.6 Å². The van der Waals surface area contributed by atoms with Crippen molar-refractivity contribution in [2.24, 2.45) is 16.5 Å². The van der Waals surface area contributed by atoms with E-state index in [0.717, 1.165) is 24.3 Å². The highest BCUT2D eigenvalue weighted by molar-refractivity contribution is 7.92. The number of carbonyl (C=O) groups excluding carboxylic acids is 1. The summed E-state index contributed by atoms with van der Waals surface area (Å²) in [7, 11) is -4.85. The molecule has 1 amide bonds. The van der Waals surface area contributed by atoms with Crippen molar-refractivity contribution < 1.29 is 31.1 Å². The van der Waals surface area contributed by atoms with Gasteiger partial charge in [-0.1, -0.05) is 32.9 Å². The summed E-state index contributed by atoms with van der Waals surface area (Å²) in [5, 5.41) is 3.56. The minimum atomic E-state index is -4.85. The van der Waals surface area contributed by atoms with Crippen LogP contribution >= 0.6 is 11.3 Å². The number of hydrogen-bond donors (Lipinski definition) is 4. The van der Waals surface area contributed by atoms with Crippen LogP contribution in [0.15, 0.2) is 58.5 Å². The second-order valence-electron chi connectivity index (χ2n) is 10.7. The van der Waals surface area contributed by atoms with E-state index in [0.29, 0.717) is 15.6 Å². The molecule has 4 aromatic rings. The van der Waals surface area contributed by atoms with Gasteiger partial charge in [-0.3, -0.25) is 4.72 Å². The predicted octanol–water partition coefficient (Wildman–Crippen LogP) is 4.69. The number of rotatable bonds is 11. The number of nitrogens with zero attached hydrogens (tertiary/aromatic N) is 4. The molecule has 12 nitrogen and oxygen atoms in total. The number of thiazole rings is 1. The van der Waals surface area contributed by atoms with E-state index in [1.807, 2.05) is 25.5 Å². The molecule has 0 saturated heterocycles. The molecule has 46 heavy (non-hydrogen) atoms. The summed E-state index contributed by atoms with van der Waals surface area (Å²) in [6.07, 6.45) is 0.626. The van der Waals surface area contributed by atoms with E-state index < -0.39 is 49.6 Å². The lowest BCUT2D eigenvalue weighted by atomic mass is 9.98. The van der Waals surface area contributed by atoms with E-state index in [1.165, 1.54) is 29.7 Å². The van der Waals surface area contributed by atoms with Crippen LogP contribution in [0.5, 0.6) is 0 Å². The molecular formula is C29H31F3N8O4S2. The maximum atomic E-state index is 16.1. The third kappa shape index (κ3) is 8.03. The van der Waals surface area contributed by atoms with Crippen molar-refractivity contribution in [3.05, 3.63) is 71.1 Å². The molecule has 2 heterocycles. The molecule has 0 unspecified atom stereocenters. The van der Waals surface area contributed by atoms with E-state index in [4.69, 9.17) is 21.2 Å². The zero-order valence-electron chi connectivity index (χ0n) is 25.0. The largest absolute Gasteiger partial charge is 0.447 e. The first-order valence-electron chi connectivity index (χ1n) is 13.7. The van der Waals surface area contributed by atoms with Gasteiger partial charge in [0, 0.05) is 30.3 Å². The van der Waals surface area contributed by atoms with Gasteiger partial charge in [0.1, 0.15) is 18.2 Å². The number of anilines is 2. The third-order valence-electron chi connectivity index (χ3n) is 6.12. The molecule has 0 atom stereocenters. The molecule has 0 aliphatic heterocycles. The molecule has 0 aliphatic rings. The number of benzene rings is 2. The minimum absolute atomic E-state index is 0.00596. The van der Waals surface area contributed by atoms with E-state index in [9.17, 15) is 22.0 Å². The van der Waals surface area contributed by atoms with Crippen LogP contribution in [0.1, 0.15) is 25.8 Å². The Hall–Kier alpha value is -4.45. The van der Waals surface area contributed by atoms with Crippen molar-refractivity contribution in [3.63, 3.8) is 0 Å². The van der Waals surface area contributed by atoms with Gasteiger partial charge in [-0.05, 0) is 30.3 Å². The fourth-order valence-electron chi connectivity index (χ4n) is 3.94. The van der Waals surface area contributed by atoms with Gasteiger partial charge in [0.2, 0.25) is 5.95 Å². The van der Waals surface area contributed by atoms with Gasteiger partial charge in [0.05, 0.1) is 39.2 Å². The van der Waals surface area contributed by atoms with Crippen molar-refractivity contribution >= 4 is 44.8 Å². The highest BCUT2D eigenvalue weighted by Crippen LogP contribution is 2.42. The van der Waals surface area contributed by atoms with E-state index in [1.54, 1.807) is 6.07 Å². The Bertz CT molecular complexity index is 1860. The number of nitrogens with one attached hydrogen (secondary N) is 2. The molecule has 4 rings (SSSR count). The maximum absolute atomic E-state index is 16.1. The minimum Gasteiger partial charge on any atom is -0.447 e. The summed E-state index contributed by atoms with van der Waals surface area (Å²) < 4.78 is 77.2. The van der Waals surface area contributed by atoms with Crippen LogP contribution in [-0.2, 0) is 20.2 Å². The van der Waals surface area contributed by atoms with Crippen LogP contribution in [0.25, 0.3) is 21.8 Å². The molecule has 2 aromatic heterocycles. The number of halogens is 3. The van der Waals surface area contributed by atoms with E-state index >= 15 is 4.39 Å². The highest BCUT2D eigenvalue weighted by atomic mass is 32.2. The lowest BCUT2D eigenvalue weighted by molar-refractivity contribution is 0.160. The Morgan fingerprint density at radius 2 is 1.74 bits per heavy atom. The van der Waals surface area contributed by atoms with Crippen molar-refractivity contribution in [1.29, 1.82) is 0 Å². The predicted molar refractivity (Wildman–Crippen MR) is 170 cm³/mol. The first-order valence-corrected chi connectivity index (χ1v) is 16.0. The Labute approximate surface area is 267 Å². The molecular weight excluding hydrogens is 645 g/mol. The average Bonchev–Trinajstić information content (AvgIpc) is 3.45. The van der Waals surface area contributed by atoms with Crippen LogP contribution < -0.4 is 21.5 Å². The molecule has 244 valence electrons. The lowest BCUT2D eigenvalue weighted by Gasteiger charge is -2.14. The first kappa shape index (κ1) is 34.4. The summed E-state index contributed by atoms with van der Waals surface area (Å²) in [6.45, 7) is 5.87. The number of amides is 1. The van der Waals surface area contributed by atoms with Crippen molar-refractivity contribution in [1.82, 2.24) is 15.0 Å². The number of sulfonamides is 1. The number of aliphatic imine (C=N–C) groups is 1. The van der Waals surface area contributed by atoms with Crippen LogP contribution in [0, 0.1) is 17.5 Å². The van der Waals surface area contributed by atoms with Gasteiger partial charge in [0.25, 0.3) is 10.0 Å². The normalized spacial score (nSPS) is 12.2. The first-order chi connectivity index (χ1) is 21.7. The quantitative estimate of drug-likeness (QED) is 0.162. The second kappa shape index (κ2) is 14.3. The molecule has 0 fully saturated rings. The van der Waals surface area contributed by atoms with Gasteiger partial charge in [0.15, 0.2) is 10.7 Å². The third-order valence-corrected chi connectivity index (χ3v) is 9.04. The average molecular weight is 677 g/mol. The number of nitrogens with two attached hydrogens (primary N) is 2. The van der Waals surface area contributed by atoms with Crippen LogP contribution in [-0.4, -0.2) is 61.4 Å². The van der Waals surface area contributed by atoms with Gasteiger partial charge >= 0.3 is 6.09 Å². The molecule has 2 aromatic carbocycles. The summed E-state index contributed by atoms with van der Waals surface area (Å²) >= 11 is 1.25. The van der Waals surface area contributed by atoms with Crippen molar-refractivity contribution in [3.8, 4) is 21.8 Å². The summed E-state index contributed by atoms with van der Waals surface area (Å²) in [5.74, 6) is -3.54. The van der Waals surface area contributed by atoms with E-state index in [2.05, 4.69) is 20.3 Å². The Balaban J connectivity index is 1.71. The van der Waals surface area contributed by atoms with Gasteiger partial charge < -0.3 is 21.5 Å². The van der Waals surface area contributed by atoms with Gasteiger partial charge in [-0.25, -0.2) is 41.3 Å². The number of aromatic nitrogens is 3. The highest BCUT2D eigenvalue weighted by Gasteiger charge is 2.28. The topological polar surface area (TPSA) is 188 Å². The smallest absolute Gasteiger partial charge is 0.433 e. The monoisotopic (exact) mass is 676 g/mol. The molecule has 0 spiro atoms. The molecule has 0 aliphatic carbocycles. The summed E-state index contributed by atoms with van der Waals surface area (Å²) in [5.41, 5.74) is 10.7. The number of ether oxygens (including phenoxy) is 1. The zero-order valence-corrected chi connectivity index (χ0v) is 26.6. The lowest BCUT2D eigenvalue weighted by Crippen LogP contribution is -2.25. The Kier molecular flexibility index (Phi) is 10.7. The fourth-order valence-corrected chi connectivity index (χ4v) is 6.25. The second-order valence-corrected chi connectivity index (χ2v) is 13.3. The molecule has 17 heteroatoms. The molecule has 0 radical (unpaired) electrons. The SMILES string of the molecule is CC(C)(C)c1nc(-c2cccc(NS(=O)(=O)c3c(F)cccc3F)c2F)c(-c2ccnc(NC/C(CN)=N\C(=O)OCCN)n2)s1. The summed E-state index contributed by atoms with van der Waals surface area (Å²) in [4.78, 5) is 28.2. The maximum Gasteiger partial charge on any atom is 0.433 e. The Morgan fingerprint density at radius 3 is 2.39 bits per heavy atom. The van der Waals surface area contributed by atoms with Gasteiger partial charge in [-0.15, -0.1) is 11.3 Å². The molecule has 0 bridgehead atoms. The Morgan fingerprint density at radius 1 is 1.04 bits per heavy atom. The van der Waals surface area contributed by atoms with Gasteiger partial charge in [-0.2, -0.15) is 4.99 Å². The molecule has 6 N–H and O–H groups in total.